The van der Waals surface area contributed by atoms with Crippen LogP contribution in [0.3, 0.4) is 0 Å². The van der Waals surface area contributed by atoms with Gasteiger partial charge < -0.3 is 10.2 Å². The van der Waals surface area contributed by atoms with Crippen LogP contribution in [-0.2, 0) is 0 Å². The second-order valence-corrected chi connectivity index (χ2v) is 7.63. The number of carbonyl (C=O) groups is 1. The maximum absolute atomic E-state index is 12.4. The molecule has 1 aliphatic rings. The van der Waals surface area contributed by atoms with Crippen LogP contribution in [0.2, 0.25) is 5.15 Å². The van der Waals surface area contributed by atoms with E-state index >= 15 is 0 Å². The van der Waals surface area contributed by atoms with Gasteiger partial charge >= 0.3 is 0 Å². The van der Waals surface area contributed by atoms with Gasteiger partial charge in [-0.2, -0.15) is 0 Å². The Labute approximate surface area is 152 Å². The lowest BCUT2D eigenvalue weighted by Gasteiger charge is -2.26. The zero-order valence-electron chi connectivity index (χ0n) is 14.7. The van der Waals surface area contributed by atoms with Crippen LogP contribution in [0, 0.1) is 12.3 Å². The van der Waals surface area contributed by atoms with Crippen molar-refractivity contribution in [1.82, 2.24) is 20.3 Å². The standard InChI is InChI=1S/C18H22ClN5O/c1-12-6-13(4-5-21-12)17(25)22-8-14-7-18(2,3)11-24(14)16-10-20-9-15(19)23-16/h4-6,9-10,14H,7-8,11H2,1-3H3,(H,22,25)/t14-/m0/s1. The summed E-state index contributed by atoms with van der Waals surface area (Å²) in [5.74, 6) is 0.657. The second kappa shape index (κ2) is 6.96. The van der Waals surface area contributed by atoms with Gasteiger partial charge in [-0.25, -0.2) is 4.98 Å². The van der Waals surface area contributed by atoms with Crippen LogP contribution in [-0.4, -0.2) is 40.0 Å². The van der Waals surface area contributed by atoms with Crippen LogP contribution < -0.4 is 10.2 Å². The Bertz CT molecular complexity index is 780. The minimum absolute atomic E-state index is 0.0904. The number of hydrogen-bond donors (Lipinski definition) is 1. The van der Waals surface area contributed by atoms with Gasteiger partial charge in [0.15, 0.2) is 0 Å². The first kappa shape index (κ1) is 17.6. The van der Waals surface area contributed by atoms with Crippen LogP contribution in [0.1, 0.15) is 36.3 Å². The fourth-order valence-electron chi connectivity index (χ4n) is 3.32. The Kier molecular flexibility index (Phi) is 4.90. The largest absolute Gasteiger partial charge is 0.350 e. The number of nitrogens with zero attached hydrogens (tertiary/aromatic N) is 4. The average Bonchev–Trinajstić information content (AvgIpc) is 2.87. The fraction of sp³-hybridized carbons (Fsp3) is 0.444. The maximum atomic E-state index is 12.4. The lowest BCUT2D eigenvalue weighted by Crippen LogP contribution is -2.40. The van der Waals surface area contributed by atoms with Crippen molar-refractivity contribution in [2.45, 2.75) is 33.2 Å². The number of nitrogens with one attached hydrogen (secondary N) is 1. The third kappa shape index (κ3) is 4.25. The molecule has 132 valence electrons. The van der Waals surface area contributed by atoms with Crippen LogP contribution in [0.15, 0.2) is 30.7 Å². The molecule has 7 heteroatoms. The van der Waals surface area contributed by atoms with E-state index in [0.29, 0.717) is 17.3 Å². The van der Waals surface area contributed by atoms with Gasteiger partial charge in [0.2, 0.25) is 0 Å². The number of amides is 1. The summed E-state index contributed by atoms with van der Waals surface area (Å²) in [7, 11) is 0. The van der Waals surface area contributed by atoms with Crippen molar-refractivity contribution < 1.29 is 4.79 Å². The van der Waals surface area contributed by atoms with Crippen molar-refractivity contribution >= 4 is 23.3 Å². The fourth-order valence-corrected chi connectivity index (χ4v) is 3.47. The molecule has 0 saturated carbocycles. The van der Waals surface area contributed by atoms with Gasteiger partial charge in [0.1, 0.15) is 11.0 Å². The number of anilines is 1. The molecule has 0 bridgehead atoms. The van der Waals surface area contributed by atoms with Crippen molar-refractivity contribution in [2.24, 2.45) is 5.41 Å². The molecule has 1 atom stereocenters. The van der Waals surface area contributed by atoms with E-state index in [1.165, 1.54) is 6.20 Å². The van der Waals surface area contributed by atoms with Crippen molar-refractivity contribution in [2.75, 3.05) is 18.0 Å². The molecule has 1 aliphatic heterocycles. The molecular formula is C18H22ClN5O. The number of hydrogen-bond acceptors (Lipinski definition) is 5. The van der Waals surface area contributed by atoms with E-state index in [-0.39, 0.29) is 17.4 Å². The Morgan fingerprint density at radius 1 is 1.44 bits per heavy atom. The van der Waals surface area contributed by atoms with Gasteiger partial charge in [-0.1, -0.05) is 25.4 Å². The van der Waals surface area contributed by atoms with E-state index in [1.54, 1.807) is 24.5 Å². The topological polar surface area (TPSA) is 71.0 Å². The summed E-state index contributed by atoms with van der Waals surface area (Å²) in [6.45, 7) is 7.68. The highest BCUT2D eigenvalue weighted by atomic mass is 35.5. The van der Waals surface area contributed by atoms with Gasteiger partial charge in [0, 0.05) is 36.6 Å². The number of pyridine rings is 1. The van der Waals surface area contributed by atoms with Gasteiger partial charge in [-0.3, -0.25) is 14.8 Å². The smallest absolute Gasteiger partial charge is 0.251 e. The van der Waals surface area contributed by atoms with Gasteiger partial charge in [0.25, 0.3) is 5.91 Å². The Morgan fingerprint density at radius 3 is 2.96 bits per heavy atom. The van der Waals surface area contributed by atoms with Crippen LogP contribution >= 0.6 is 11.6 Å². The summed E-state index contributed by atoms with van der Waals surface area (Å²) in [6, 6.07) is 3.66. The zero-order chi connectivity index (χ0) is 18.0. The minimum Gasteiger partial charge on any atom is -0.350 e. The van der Waals surface area contributed by atoms with E-state index in [0.717, 1.165) is 24.5 Å². The Morgan fingerprint density at radius 2 is 2.24 bits per heavy atom. The molecule has 6 nitrogen and oxygen atoms in total. The Balaban J connectivity index is 1.72. The number of carbonyl (C=O) groups excluding carboxylic acids is 1. The van der Waals surface area contributed by atoms with Gasteiger partial charge in [-0.15, -0.1) is 0 Å². The third-order valence-corrected chi connectivity index (χ3v) is 4.55. The number of aryl methyl sites for hydroxylation is 1. The molecular weight excluding hydrogens is 338 g/mol. The first-order valence-electron chi connectivity index (χ1n) is 8.29. The van der Waals surface area contributed by atoms with E-state index in [1.807, 2.05) is 6.92 Å². The summed E-state index contributed by atoms with van der Waals surface area (Å²) >= 11 is 5.99. The third-order valence-electron chi connectivity index (χ3n) is 4.37. The summed E-state index contributed by atoms with van der Waals surface area (Å²) in [5.41, 5.74) is 1.58. The quantitative estimate of drug-likeness (QED) is 0.908. The molecule has 2 aromatic rings. The summed E-state index contributed by atoms with van der Waals surface area (Å²) in [4.78, 5) is 27.2. The first-order chi connectivity index (χ1) is 11.8. The van der Waals surface area contributed by atoms with Gasteiger partial charge in [0.05, 0.1) is 12.4 Å². The zero-order valence-corrected chi connectivity index (χ0v) is 15.4. The highest BCUT2D eigenvalue weighted by molar-refractivity contribution is 6.29. The number of aromatic nitrogens is 3. The normalized spacial score (nSPS) is 19.0. The molecule has 1 fully saturated rings. The van der Waals surface area contributed by atoms with Crippen LogP contribution in [0.5, 0.6) is 0 Å². The van der Waals surface area contributed by atoms with E-state index in [9.17, 15) is 4.79 Å². The van der Waals surface area contributed by atoms with Gasteiger partial charge in [-0.05, 0) is 30.9 Å². The van der Waals surface area contributed by atoms with E-state index < -0.39 is 0 Å². The van der Waals surface area contributed by atoms with Crippen LogP contribution in [0.25, 0.3) is 0 Å². The number of rotatable bonds is 4. The monoisotopic (exact) mass is 359 g/mol. The molecule has 3 rings (SSSR count). The molecule has 0 spiro atoms. The van der Waals surface area contributed by atoms with Crippen molar-refractivity contribution in [3.8, 4) is 0 Å². The van der Waals surface area contributed by atoms with Crippen molar-refractivity contribution in [1.29, 1.82) is 0 Å². The molecule has 25 heavy (non-hydrogen) atoms. The summed E-state index contributed by atoms with van der Waals surface area (Å²) < 4.78 is 0. The molecule has 1 amide bonds. The van der Waals surface area contributed by atoms with Crippen LogP contribution in [0.4, 0.5) is 5.82 Å². The highest BCUT2D eigenvalue weighted by Crippen LogP contribution is 2.36. The molecule has 1 N–H and O–H groups in total. The lowest BCUT2D eigenvalue weighted by molar-refractivity contribution is 0.0950. The first-order valence-corrected chi connectivity index (χ1v) is 8.67. The molecule has 0 unspecified atom stereocenters. The molecule has 0 aliphatic carbocycles. The maximum Gasteiger partial charge on any atom is 0.251 e. The van der Waals surface area contributed by atoms with Crippen molar-refractivity contribution in [3.63, 3.8) is 0 Å². The predicted molar refractivity (Wildman–Crippen MR) is 97.9 cm³/mol. The van der Waals surface area contributed by atoms with E-state index in [4.69, 9.17) is 11.6 Å². The molecule has 2 aromatic heterocycles. The lowest BCUT2D eigenvalue weighted by atomic mass is 9.91. The summed E-state index contributed by atoms with van der Waals surface area (Å²) in [5, 5.41) is 3.40. The predicted octanol–water partition coefficient (Wildman–Crippen LogP) is 2.87. The van der Waals surface area contributed by atoms with Crippen molar-refractivity contribution in [3.05, 3.63) is 47.1 Å². The molecule has 0 aromatic carbocycles. The molecule has 3 heterocycles. The number of halogens is 1. The van der Waals surface area contributed by atoms with E-state index in [2.05, 4.69) is 39.0 Å². The second-order valence-electron chi connectivity index (χ2n) is 7.25. The highest BCUT2D eigenvalue weighted by Gasteiger charge is 2.38. The summed E-state index contributed by atoms with van der Waals surface area (Å²) in [6.07, 6.45) is 5.84. The molecule has 0 radical (unpaired) electrons. The minimum atomic E-state index is -0.0904. The average molecular weight is 360 g/mol. The SMILES string of the molecule is Cc1cc(C(=O)NC[C@@H]2CC(C)(C)CN2c2cncc(Cl)n2)ccn1. The Hall–Kier alpha value is -2.21. The molecule has 1 saturated heterocycles.